The molecule has 0 aromatic carbocycles. The summed E-state index contributed by atoms with van der Waals surface area (Å²) in [5.41, 5.74) is 0. The summed E-state index contributed by atoms with van der Waals surface area (Å²) >= 11 is 0. The van der Waals surface area contributed by atoms with Crippen LogP contribution in [0.1, 0.15) is 0 Å². The standard InChI is InChI=1S/Al.3H3O4P.3Zn/c;3*1-5(2,3)4;;;/h;3*(H3,1,2,3,4);;;/q+3;;;;3*+2/p-9. The number of rotatable bonds is 0. The van der Waals surface area contributed by atoms with Gasteiger partial charge in [0.2, 0.25) is 0 Å². The molecule has 0 aromatic heterocycles. The fourth-order valence-corrected chi connectivity index (χ4v) is 0. The number of phosphoric acid groups is 3. The Balaban J connectivity index is -0.0000000206. The smallest absolute Gasteiger partial charge is 0.822 e. The summed E-state index contributed by atoms with van der Waals surface area (Å²) in [6.07, 6.45) is 0. The first-order valence-corrected chi connectivity index (χ1v) is 6.57. The van der Waals surface area contributed by atoms with Gasteiger partial charge in [0.25, 0.3) is 0 Å². The zero-order chi connectivity index (χ0) is 13.5. The van der Waals surface area contributed by atoms with Crippen molar-refractivity contribution in [3.63, 3.8) is 0 Å². The third-order valence-electron chi connectivity index (χ3n) is 0. The topological polar surface area (TPSA) is 259 Å². The normalized spacial score (nSPS) is 9.32. The summed E-state index contributed by atoms with van der Waals surface area (Å²) in [4.78, 5) is 76.9. The Labute approximate surface area is 156 Å². The molecule has 0 atom stereocenters. The zero-order valence-electron chi connectivity index (χ0n) is 8.94. The second kappa shape index (κ2) is 18.8. The van der Waals surface area contributed by atoms with Crippen LogP contribution < -0.4 is 44.0 Å². The van der Waals surface area contributed by atoms with E-state index in [9.17, 15) is 0 Å². The minimum atomic E-state index is -5.39. The maximum atomic E-state index is 8.55. The van der Waals surface area contributed by atoms with Gasteiger partial charge in [-0.3, -0.25) is 0 Å². The molecule has 96 valence electrons. The van der Waals surface area contributed by atoms with Crippen LogP contribution in [0.4, 0.5) is 0 Å². The van der Waals surface area contributed by atoms with Gasteiger partial charge in [0, 0.05) is 0 Å². The van der Waals surface area contributed by atoms with Crippen LogP contribution in [0.5, 0.6) is 0 Å². The van der Waals surface area contributed by atoms with Crippen molar-refractivity contribution in [1.82, 2.24) is 0 Å². The van der Waals surface area contributed by atoms with Crippen molar-refractivity contribution in [2.75, 3.05) is 0 Å². The summed E-state index contributed by atoms with van der Waals surface area (Å²) in [7, 11) is -16.2. The Hall–Kier alpha value is 2.73. The largest absolute Gasteiger partial charge is 3.00 e. The Bertz CT molecular complexity index is 214. The van der Waals surface area contributed by atoms with Gasteiger partial charge < -0.3 is 57.7 Å². The molecule has 0 rings (SSSR count). The van der Waals surface area contributed by atoms with Crippen LogP contribution in [-0.4, -0.2) is 17.4 Å². The van der Waals surface area contributed by atoms with Crippen LogP contribution in [0.15, 0.2) is 0 Å². The average Bonchev–Trinajstić information content (AvgIpc) is 1.41. The van der Waals surface area contributed by atoms with Crippen molar-refractivity contribution in [2.45, 2.75) is 0 Å². The SMILES string of the molecule is O=P([O-])([O-])[O-].O=P([O-])([O-])[O-].O=P([O-])([O-])[O-].[Al+3].[Zn+2].[Zn+2].[Zn+2]. The molecule has 0 bridgehead atoms. The molecule has 0 unspecified atom stereocenters. The molecule has 0 amide bonds. The van der Waals surface area contributed by atoms with E-state index >= 15 is 0 Å². The third-order valence-corrected chi connectivity index (χ3v) is 0. The van der Waals surface area contributed by atoms with E-state index < -0.39 is 23.5 Å². The van der Waals surface area contributed by atoms with E-state index in [4.69, 9.17) is 57.7 Å². The fourth-order valence-electron chi connectivity index (χ4n) is 0. The predicted octanol–water partition coefficient (Wildman–Crippen LogP) is -8.86. The molecule has 0 aromatic rings. The molecule has 19 heteroatoms. The number of hydrogen-bond acceptors (Lipinski definition) is 12. The van der Waals surface area contributed by atoms with E-state index in [2.05, 4.69) is 0 Å². The van der Waals surface area contributed by atoms with Crippen molar-refractivity contribution in [3.8, 4) is 0 Å². The van der Waals surface area contributed by atoms with Crippen LogP contribution in [0.2, 0.25) is 0 Å². The van der Waals surface area contributed by atoms with Crippen molar-refractivity contribution in [2.24, 2.45) is 0 Å². The molecule has 0 aliphatic carbocycles. The first-order chi connectivity index (χ1) is 6.00. The Kier molecular flexibility index (Phi) is 42.5. The van der Waals surface area contributed by atoms with Crippen LogP contribution in [0, 0.1) is 0 Å². The molecule has 0 N–H and O–H groups in total. The van der Waals surface area contributed by atoms with Crippen LogP contribution in [0.3, 0.4) is 0 Å². The first-order valence-electron chi connectivity index (χ1n) is 2.19. The van der Waals surface area contributed by atoms with Gasteiger partial charge >= 0.3 is 75.8 Å². The van der Waals surface area contributed by atoms with E-state index in [0.717, 1.165) is 0 Å². The van der Waals surface area contributed by atoms with Gasteiger partial charge in [-0.1, -0.05) is 0 Å². The Morgan fingerprint density at radius 2 is 0.421 bits per heavy atom. The summed E-state index contributed by atoms with van der Waals surface area (Å²) in [6.45, 7) is 0. The quantitative estimate of drug-likeness (QED) is 0.218. The maximum absolute atomic E-state index is 8.55. The van der Waals surface area contributed by atoms with Gasteiger partial charge in [0.05, 0.1) is 0 Å². The molecular weight excluding hydrogens is 508 g/mol. The van der Waals surface area contributed by atoms with E-state index in [1.165, 1.54) is 0 Å². The fraction of sp³-hybridized carbons (Fsp3) is 0. The van der Waals surface area contributed by atoms with Gasteiger partial charge in [0.1, 0.15) is 0 Å². The Morgan fingerprint density at radius 3 is 0.421 bits per heavy atom. The van der Waals surface area contributed by atoms with Crippen LogP contribution in [-0.2, 0) is 72.1 Å². The second-order valence-corrected chi connectivity index (χ2v) is 4.02. The molecule has 0 aliphatic rings. The summed E-state index contributed by atoms with van der Waals surface area (Å²) < 4.78 is 25.6. The van der Waals surface area contributed by atoms with Crippen molar-refractivity contribution < 1.29 is 116 Å². The van der Waals surface area contributed by atoms with Crippen LogP contribution in [0.25, 0.3) is 0 Å². The molecule has 0 spiro atoms. The first kappa shape index (κ1) is 43.0. The second-order valence-electron chi connectivity index (χ2n) is 1.34. The third kappa shape index (κ3) is 974. The van der Waals surface area contributed by atoms with Gasteiger partial charge in [-0.25, -0.2) is 0 Å². The molecule has 0 saturated carbocycles. The molecule has 19 heavy (non-hydrogen) atoms. The van der Waals surface area contributed by atoms with Gasteiger partial charge in [-0.2, -0.15) is 23.5 Å². The molecule has 0 aliphatic heterocycles. The van der Waals surface area contributed by atoms with E-state index in [-0.39, 0.29) is 75.8 Å². The van der Waals surface area contributed by atoms with Crippen molar-refractivity contribution in [3.05, 3.63) is 0 Å². The van der Waals surface area contributed by atoms with Gasteiger partial charge in [-0.05, 0) is 0 Å². The number of hydrogen-bond donors (Lipinski definition) is 0. The van der Waals surface area contributed by atoms with Crippen molar-refractivity contribution >= 4 is 40.8 Å². The Morgan fingerprint density at radius 1 is 0.421 bits per heavy atom. The average molecular weight is 508 g/mol. The summed E-state index contributed by atoms with van der Waals surface area (Å²) in [5, 5.41) is 0. The maximum Gasteiger partial charge on any atom is 3.00 e. The van der Waals surface area contributed by atoms with Gasteiger partial charge in [0.15, 0.2) is 0 Å². The molecular formula is AlO12P3Zn3. The molecule has 0 radical (unpaired) electrons. The minimum absolute atomic E-state index is 0. The summed E-state index contributed by atoms with van der Waals surface area (Å²) in [5.74, 6) is 0. The van der Waals surface area contributed by atoms with Crippen molar-refractivity contribution in [1.29, 1.82) is 0 Å². The van der Waals surface area contributed by atoms with E-state index in [1.54, 1.807) is 0 Å². The van der Waals surface area contributed by atoms with E-state index in [1.807, 2.05) is 0 Å². The predicted molar refractivity (Wildman–Crippen MR) is 28.6 cm³/mol. The molecule has 12 nitrogen and oxygen atoms in total. The van der Waals surface area contributed by atoms with E-state index in [0.29, 0.717) is 0 Å². The molecule has 0 heterocycles. The zero-order valence-corrected chi connectivity index (χ0v) is 21.7. The monoisotopic (exact) mass is 504 g/mol. The minimum Gasteiger partial charge on any atom is -0.822 e. The molecule has 0 fully saturated rings. The van der Waals surface area contributed by atoms with Crippen LogP contribution >= 0.6 is 23.5 Å². The summed E-state index contributed by atoms with van der Waals surface area (Å²) in [6, 6.07) is 0. The van der Waals surface area contributed by atoms with Gasteiger partial charge in [-0.15, -0.1) is 0 Å². The molecule has 0 saturated heterocycles.